The highest BCUT2D eigenvalue weighted by Crippen LogP contribution is 2.34. The molecule has 0 aliphatic carbocycles. The van der Waals surface area contributed by atoms with E-state index in [4.69, 9.17) is 0 Å². The van der Waals surface area contributed by atoms with Crippen molar-refractivity contribution in [1.29, 1.82) is 0 Å². The van der Waals surface area contributed by atoms with Crippen molar-refractivity contribution in [3.05, 3.63) is 0 Å². The first-order valence-electron chi connectivity index (χ1n) is 6.61. The number of rotatable bonds is 7. The van der Waals surface area contributed by atoms with Gasteiger partial charge in [-0.1, -0.05) is 13.8 Å². The van der Waals surface area contributed by atoms with Gasteiger partial charge < -0.3 is 5.32 Å². The summed E-state index contributed by atoms with van der Waals surface area (Å²) in [5, 5.41) is 4.64. The fourth-order valence-corrected chi connectivity index (χ4v) is 6.17. The lowest BCUT2D eigenvalue weighted by atomic mass is 10.1. The van der Waals surface area contributed by atoms with Crippen LogP contribution in [-0.2, 0) is 9.84 Å². The highest BCUT2D eigenvalue weighted by Gasteiger charge is 2.29. The molecule has 3 atom stereocenters. The van der Waals surface area contributed by atoms with E-state index in [9.17, 15) is 8.42 Å². The third kappa shape index (κ3) is 5.31. The van der Waals surface area contributed by atoms with Gasteiger partial charge in [0, 0.05) is 33.8 Å². The van der Waals surface area contributed by atoms with Crippen molar-refractivity contribution in [3.8, 4) is 0 Å². The van der Waals surface area contributed by atoms with E-state index in [1.165, 1.54) is 11.5 Å². The molecule has 0 amide bonds. The maximum atomic E-state index is 11.5. The Labute approximate surface area is 120 Å². The van der Waals surface area contributed by atoms with Crippen molar-refractivity contribution < 1.29 is 8.42 Å². The summed E-state index contributed by atoms with van der Waals surface area (Å²) < 4.78 is 23.0. The molecule has 3 unspecified atom stereocenters. The van der Waals surface area contributed by atoms with Crippen LogP contribution in [0.4, 0.5) is 0 Å². The van der Waals surface area contributed by atoms with E-state index in [-0.39, 0.29) is 5.75 Å². The van der Waals surface area contributed by atoms with E-state index in [1.54, 1.807) is 6.92 Å². The molecule has 1 saturated heterocycles. The lowest BCUT2D eigenvalue weighted by molar-refractivity contribution is 0.492. The van der Waals surface area contributed by atoms with Crippen molar-refractivity contribution in [1.82, 2.24) is 5.32 Å². The number of hydrogen-bond donors (Lipinski definition) is 1. The molecule has 1 aliphatic heterocycles. The average molecular weight is 312 g/mol. The van der Waals surface area contributed by atoms with Crippen LogP contribution < -0.4 is 5.32 Å². The molecule has 0 aromatic carbocycles. The zero-order chi connectivity index (χ0) is 13.6. The lowest BCUT2D eigenvalue weighted by Gasteiger charge is -2.34. The average Bonchev–Trinajstić information content (AvgIpc) is 2.36. The van der Waals surface area contributed by atoms with Crippen LogP contribution in [0, 0.1) is 0 Å². The molecule has 108 valence electrons. The topological polar surface area (TPSA) is 46.2 Å². The van der Waals surface area contributed by atoms with E-state index in [0.29, 0.717) is 22.3 Å². The lowest BCUT2D eigenvalue weighted by Crippen LogP contribution is -2.42. The monoisotopic (exact) mass is 311 g/mol. The number of hydrogen-bond acceptors (Lipinski definition) is 5. The Balaban J connectivity index is 2.42. The SMILES string of the molecule is CCS(=O)(=O)CCCC(NC)C1SCCSC1C. The number of sulfone groups is 1. The first-order chi connectivity index (χ1) is 8.50. The fraction of sp³-hybridized carbons (Fsp3) is 1.00. The number of nitrogens with one attached hydrogen (secondary N) is 1. The summed E-state index contributed by atoms with van der Waals surface area (Å²) in [5.41, 5.74) is 0. The molecule has 1 aliphatic rings. The number of thioether (sulfide) groups is 2. The molecule has 0 radical (unpaired) electrons. The Kier molecular flexibility index (Phi) is 7.43. The van der Waals surface area contributed by atoms with Crippen LogP contribution in [0.3, 0.4) is 0 Å². The minimum atomic E-state index is -2.81. The molecule has 1 fully saturated rings. The standard InChI is InChI=1S/C12H25NO2S3/c1-4-18(14,15)9-5-6-11(13-3)12-10(2)16-7-8-17-12/h10-13H,4-9H2,1-3H3. The molecular formula is C12H25NO2S3. The van der Waals surface area contributed by atoms with Gasteiger partial charge in [0.05, 0.1) is 5.75 Å². The predicted molar refractivity (Wildman–Crippen MR) is 84.6 cm³/mol. The maximum Gasteiger partial charge on any atom is 0.150 e. The Morgan fingerprint density at radius 3 is 2.56 bits per heavy atom. The van der Waals surface area contributed by atoms with Crippen LogP contribution in [-0.4, -0.2) is 55.0 Å². The predicted octanol–water partition coefficient (Wildman–Crippen LogP) is 2.03. The quantitative estimate of drug-likeness (QED) is 0.779. The van der Waals surface area contributed by atoms with Crippen LogP contribution in [0.5, 0.6) is 0 Å². The largest absolute Gasteiger partial charge is 0.316 e. The molecule has 1 heterocycles. The van der Waals surface area contributed by atoms with Gasteiger partial charge in [-0.25, -0.2) is 8.42 Å². The van der Waals surface area contributed by atoms with Crippen molar-refractivity contribution in [2.24, 2.45) is 0 Å². The van der Waals surface area contributed by atoms with E-state index < -0.39 is 9.84 Å². The zero-order valence-corrected chi connectivity index (χ0v) is 14.0. The van der Waals surface area contributed by atoms with Gasteiger partial charge in [0.15, 0.2) is 0 Å². The summed E-state index contributed by atoms with van der Waals surface area (Å²) in [4.78, 5) is 0. The van der Waals surface area contributed by atoms with Crippen molar-refractivity contribution in [2.45, 2.75) is 43.2 Å². The van der Waals surface area contributed by atoms with Gasteiger partial charge in [-0.05, 0) is 19.9 Å². The fourth-order valence-electron chi connectivity index (χ4n) is 2.23. The van der Waals surface area contributed by atoms with Crippen LogP contribution in [0.2, 0.25) is 0 Å². The van der Waals surface area contributed by atoms with Crippen molar-refractivity contribution >= 4 is 33.4 Å². The van der Waals surface area contributed by atoms with E-state index in [0.717, 1.165) is 12.8 Å². The van der Waals surface area contributed by atoms with Crippen LogP contribution in [0.15, 0.2) is 0 Å². The molecule has 0 aromatic heterocycles. The Bertz CT molecular complexity index is 332. The highest BCUT2D eigenvalue weighted by atomic mass is 32.2. The molecule has 0 bridgehead atoms. The van der Waals surface area contributed by atoms with Crippen LogP contribution in [0.1, 0.15) is 26.7 Å². The summed E-state index contributed by atoms with van der Waals surface area (Å²) in [6.07, 6.45) is 1.73. The van der Waals surface area contributed by atoms with Gasteiger partial charge in [0.2, 0.25) is 0 Å². The normalized spacial score (nSPS) is 27.1. The summed E-state index contributed by atoms with van der Waals surface area (Å²) in [6, 6.07) is 0.435. The van der Waals surface area contributed by atoms with Gasteiger partial charge in [-0.15, -0.1) is 0 Å². The minimum absolute atomic E-state index is 0.266. The Morgan fingerprint density at radius 1 is 1.33 bits per heavy atom. The van der Waals surface area contributed by atoms with Gasteiger partial charge in [-0.3, -0.25) is 0 Å². The third-order valence-corrected chi connectivity index (χ3v) is 8.46. The maximum absolute atomic E-state index is 11.5. The third-order valence-electron chi connectivity index (χ3n) is 3.41. The molecule has 1 rings (SSSR count). The van der Waals surface area contributed by atoms with E-state index in [2.05, 4.69) is 12.2 Å². The second-order valence-electron chi connectivity index (χ2n) is 4.69. The van der Waals surface area contributed by atoms with Crippen LogP contribution in [0.25, 0.3) is 0 Å². The molecule has 3 nitrogen and oxygen atoms in total. The molecule has 1 N–H and O–H groups in total. The molecule has 0 aromatic rings. The zero-order valence-electron chi connectivity index (χ0n) is 11.5. The highest BCUT2D eigenvalue weighted by molar-refractivity contribution is 8.07. The Morgan fingerprint density at radius 2 is 2.00 bits per heavy atom. The van der Waals surface area contributed by atoms with Gasteiger partial charge in [0.1, 0.15) is 9.84 Å². The first kappa shape index (κ1) is 16.7. The molecule has 6 heteroatoms. The van der Waals surface area contributed by atoms with Gasteiger partial charge in [0.25, 0.3) is 0 Å². The first-order valence-corrected chi connectivity index (χ1v) is 10.5. The Hall–Kier alpha value is 0.610. The summed E-state index contributed by atoms with van der Waals surface area (Å²) >= 11 is 4.07. The van der Waals surface area contributed by atoms with E-state index >= 15 is 0 Å². The molecular weight excluding hydrogens is 286 g/mol. The molecule has 0 spiro atoms. The molecule has 0 saturated carbocycles. The van der Waals surface area contributed by atoms with E-state index in [1.807, 2.05) is 30.6 Å². The van der Waals surface area contributed by atoms with Crippen molar-refractivity contribution in [2.75, 3.05) is 30.1 Å². The summed E-state index contributed by atoms with van der Waals surface area (Å²) in [5.74, 6) is 3.05. The smallest absolute Gasteiger partial charge is 0.150 e. The van der Waals surface area contributed by atoms with Crippen molar-refractivity contribution in [3.63, 3.8) is 0 Å². The minimum Gasteiger partial charge on any atom is -0.316 e. The van der Waals surface area contributed by atoms with Gasteiger partial charge >= 0.3 is 0 Å². The second kappa shape index (κ2) is 8.02. The van der Waals surface area contributed by atoms with Gasteiger partial charge in [-0.2, -0.15) is 23.5 Å². The van der Waals surface area contributed by atoms with Crippen LogP contribution >= 0.6 is 23.5 Å². The molecule has 18 heavy (non-hydrogen) atoms. The second-order valence-corrected chi connectivity index (χ2v) is 9.93. The summed E-state index contributed by atoms with van der Waals surface area (Å²) in [7, 11) is -0.816. The summed E-state index contributed by atoms with van der Waals surface area (Å²) in [6.45, 7) is 4.01.